The van der Waals surface area contributed by atoms with E-state index in [4.69, 9.17) is 4.74 Å². The van der Waals surface area contributed by atoms with Crippen molar-refractivity contribution in [3.8, 4) is 0 Å². The number of hydrogen-bond acceptors (Lipinski definition) is 6. The summed E-state index contributed by atoms with van der Waals surface area (Å²) < 4.78 is 6.35. The molecule has 3 amide bonds. The van der Waals surface area contributed by atoms with Gasteiger partial charge in [-0.25, -0.2) is 0 Å². The molecule has 0 bridgehead atoms. The van der Waals surface area contributed by atoms with E-state index >= 15 is 0 Å². The van der Waals surface area contributed by atoms with Crippen LogP contribution in [0.3, 0.4) is 0 Å². The highest BCUT2D eigenvalue weighted by atomic mass is 32.2. The first-order chi connectivity index (χ1) is 14.0. The molecule has 8 heteroatoms. The summed E-state index contributed by atoms with van der Waals surface area (Å²) in [7, 11) is 0. The van der Waals surface area contributed by atoms with Crippen molar-refractivity contribution in [2.24, 2.45) is 0 Å². The minimum absolute atomic E-state index is 0.00953. The van der Waals surface area contributed by atoms with E-state index in [-0.39, 0.29) is 22.5 Å². The molecule has 0 saturated carbocycles. The third kappa shape index (κ3) is 5.07. The zero-order chi connectivity index (χ0) is 20.3. The molecule has 29 heavy (non-hydrogen) atoms. The predicted molar refractivity (Wildman–Crippen MR) is 110 cm³/mol. The average molecular weight is 416 g/mol. The normalized spacial score (nSPS) is 25.5. The second-order valence-corrected chi connectivity index (χ2v) is 8.84. The SMILES string of the molecule is O=C(/C=C1\SC(=O)NC1=O)NC[C@H]1CCC2(CCN(Cc3ccccc3)CC2)O1. The van der Waals surface area contributed by atoms with Crippen molar-refractivity contribution < 1.29 is 19.1 Å². The van der Waals surface area contributed by atoms with Crippen molar-refractivity contribution in [1.29, 1.82) is 0 Å². The number of ether oxygens (including phenoxy) is 1. The maximum absolute atomic E-state index is 12.0. The highest BCUT2D eigenvalue weighted by Crippen LogP contribution is 2.39. The molecule has 7 nitrogen and oxygen atoms in total. The molecule has 2 N–H and O–H groups in total. The molecule has 0 radical (unpaired) electrons. The number of imide groups is 1. The average Bonchev–Trinajstić information content (AvgIpc) is 3.25. The van der Waals surface area contributed by atoms with E-state index in [9.17, 15) is 14.4 Å². The van der Waals surface area contributed by atoms with Crippen LogP contribution in [0.4, 0.5) is 4.79 Å². The van der Waals surface area contributed by atoms with Crippen molar-refractivity contribution >= 4 is 28.8 Å². The van der Waals surface area contributed by atoms with Crippen molar-refractivity contribution in [2.45, 2.75) is 43.9 Å². The molecule has 1 spiro atoms. The summed E-state index contributed by atoms with van der Waals surface area (Å²) in [6.07, 6.45) is 5.12. The van der Waals surface area contributed by atoms with E-state index in [2.05, 4.69) is 39.8 Å². The third-order valence-electron chi connectivity index (χ3n) is 5.76. The predicted octanol–water partition coefficient (Wildman–Crippen LogP) is 2.18. The Hall–Kier alpha value is -2.16. The lowest BCUT2D eigenvalue weighted by Gasteiger charge is -2.39. The first kappa shape index (κ1) is 20.1. The van der Waals surface area contributed by atoms with Crippen molar-refractivity contribution in [2.75, 3.05) is 19.6 Å². The van der Waals surface area contributed by atoms with E-state index in [0.717, 1.165) is 57.1 Å². The van der Waals surface area contributed by atoms with Crippen LogP contribution in [0.5, 0.6) is 0 Å². The summed E-state index contributed by atoms with van der Waals surface area (Å²) in [5, 5.41) is 4.48. The lowest BCUT2D eigenvalue weighted by atomic mass is 9.88. The van der Waals surface area contributed by atoms with E-state index < -0.39 is 11.1 Å². The molecule has 0 aromatic heterocycles. The summed E-state index contributed by atoms with van der Waals surface area (Å²) in [5.74, 6) is -0.895. The summed E-state index contributed by atoms with van der Waals surface area (Å²) in [4.78, 5) is 37.3. The van der Waals surface area contributed by atoms with Gasteiger partial charge >= 0.3 is 0 Å². The Kier molecular flexibility index (Phi) is 6.03. The van der Waals surface area contributed by atoms with Gasteiger partial charge in [0, 0.05) is 32.3 Å². The molecule has 3 fully saturated rings. The molecule has 3 aliphatic heterocycles. The van der Waals surface area contributed by atoms with Gasteiger partial charge < -0.3 is 10.1 Å². The number of thioether (sulfide) groups is 1. The molecule has 3 aliphatic rings. The zero-order valence-corrected chi connectivity index (χ0v) is 17.0. The quantitative estimate of drug-likeness (QED) is 0.717. The number of carbonyl (C=O) groups is 3. The fraction of sp³-hybridized carbons (Fsp3) is 0.476. The van der Waals surface area contributed by atoms with E-state index in [1.807, 2.05) is 6.07 Å². The Morgan fingerprint density at radius 3 is 2.69 bits per heavy atom. The molecular formula is C21H25N3O4S. The zero-order valence-electron chi connectivity index (χ0n) is 16.2. The summed E-state index contributed by atoms with van der Waals surface area (Å²) >= 11 is 0.743. The van der Waals surface area contributed by atoms with Gasteiger partial charge in [-0.2, -0.15) is 0 Å². The van der Waals surface area contributed by atoms with Crippen LogP contribution in [-0.4, -0.2) is 53.3 Å². The number of nitrogens with zero attached hydrogens (tertiary/aromatic N) is 1. The van der Waals surface area contributed by atoms with Gasteiger partial charge in [0.05, 0.1) is 16.6 Å². The molecule has 4 rings (SSSR count). The van der Waals surface area contributed by atoms with Crippen LogP contribution in [0.1, 0.15) is 31.2 Å². The van der Waals surface area contributed by atoms with Crippen LogP contribution < -0.4 is 10.6 Å². The number of likely N-dealkylation sites (tertiary alicyclic amines) is 1. The van der Waals surface area contributed by atoms with E-state index in [1.54, 1.807) is 0 Å². The van der Waals surface area contributed by atoms with Crippen LogP contribution in [0.25, 0.3) is 0 Å². The Bertz CT molecular complexity index is 818. The molecular weight excluding hydrogens is 390 g/mol. The number of carbonyl (C=O) groups excluding carboxylic acids is 3. The lowest BCUT2D eigenvalue weighted by Crippen LogP contribution is -2.44. The van der Waals surface area contributed by atoms with Gasteiger partial charge in [-0.3, -0.25) is 24.6 Å². The third-order valence-corrected chi connectivity index (χ3v) is 6.57. The molecule has 0 unspecified atom stereocenters. The fourth-order valence-corrected chi connectivity index (χ4v) is 4.83. The van der Waals surface area contributed by atoms with Crippen LogP contribution in [0.15, 0.2) is 41.3 Å². The summed E-state index contributed by atoms with van der Waals surface area (Å²) in [6.45, 7) is 3.42. The number of amides is 3. The van der Waals surface area contributed by atoms with Crippen LogP contribution in [0, 0.1) is 0 Å². The van der Waals surface area contributed by atoms with E-state index in [0.29, 0.717) is 6.54 Å². The minimum Gasteiger partial charge on any atom is -0.370 e. The smallest absolute Gasteiger partial charge is 0.290 e. The number of rotatable bonds is 5. The molecule has 3 saturated heterocycles. The van der Waals surface area contributed by atoms with Crippen molar-refractivity contribution in [3.05, 3.63) is 46.9 Å². The monoisotopic (exact) mass is 415 g/mol. The topological polar surface area (TPSA) is 87.7 Å². The van der Waals surface area contributed by atoms with Crippen molar-refractivity contribution in [1.82, 2.24) is 15.5 Å². The number of hydrogen-bond donors (Lipinski definition) is 2. The molecule has 1 aromatic rings. The van der Waals surface area contributed by atoms with E-state index in [1.165, 1.54) is 11.6 Å². The standard InChI is InChI=1S/C21H25N3O4S/c25-18(12-17-19(26)23-20(27)29-17)22-13-16-6-7-21(28-16)8-10-24(11-9-21)14-15-4-2-1-3-5-15/h1-5,12,16H,6-11,13-14H2,(H,22,25)(H,23,26,27)/b17-12-/t16-/m1/s1. The Balaban J connectivity index is 1.21. The highest BCUT2D eigenvalue weighted by molar-refractivity contribution is 8.18. The molecule has 154 valence electrons. The number of benzene rings is 1. The van der Waals surface area contributed by atoms with Crippen LogP contribution in [0.2, 0.25) is 0 Å². The highest BCUT2D eigenvalue weighted by Gasteiger charge is 2.42. The van der Waals surface area contributed by atoms with Gasteiger partial charge in [-0.1, -0.05) is 30.3 Å². The van der Waals surface area contributed by atoms with Gasteiger partial charge in [0.1, 0.15) is 0 Å². The molecule has 3 heterocycles. The first-order valence-corrected chi connectivity index (χ1v) is 10.8. The minimum atomic E-state index is -0.520. The van der Waals surface area contributed by atoms with Crippen LogP contribution in [-0.2, 0) is 20.9 Å². The second-order valence-electron chi connectivity index (χ2n) is 7.82. The maximum atomic E-state index is 12.0. The van der Waals surface area contributed by atoms with Gasteiger partial charge in [-0.05, 0) is 43.0 Å². The maximum Gasteiger partial charge on any atom is 0.290 e. The van der Waals surface area contributed by atoms with Crippen molar-refractivity contribution in [3.63, 3.8) is 0 Å². The Morgan fingerprint density at radius 2 is 2.00 bits per heavy atom. The van der Waals surface area contributed by atoms with Gasteiger partial charge in [0.2, 0.25) is 5.91 Å². The molecule has 0 aliphatic carbocycles. The van der Waals surface area contributed by atoms with Crippen LogP contribution >= 0.6 is 11.8 Å². The number of nitrogens with one attached hydrogen (secondary N) is 2. The Morgan fingerprint density at radius 1 is 1.24 bits per heavy atom. The van der Waals surface area contributed by atoms with Gasteiger partial charge in [-0.15, -0.1) is 0 Å². The lowest BCUT2D eigenvalue weighted by molar-refractivity contribution is -0.119. The second kappa shape index (κ2) is 8.69. The van der Waals surface area contributed by atoms with Gasteiger partial charge in [0.25, 0.3) is 11.1 Å². The number of piperidine rings is 1. The summed E-state index contributed by atoms with van der Waals surface area (Å²) in [5.41, 5.74) is 1.26. The molecule has 1 atom stereocenters. The molecule has 1 aromatic carbocycles. The first-order valence-electron chi connectivity index (χ1n) is 9.98. The Labute approximate surface area is 174 Å². The largest absolute Gasteiger partial charge is 0.370 e. The van der Waals surface area contributed by atoms with Gasteiger partial charge in [0.15, 0.2) is 0 Å². The fourth-order valence-electron chi connectivity index (χ4n) is 4.17. The summed E-state index contributed by atoms with van der Waals surface area (Å²) in [6, 6.07) is 10.5.